The van der Waals surface area contributed by atoms with Gasteiger partial charge in [0.2, 0.25) is 0 Å². The highest BCUT2D eigenvalue weighted by atomic mass is 127. The Morgan fingerprint density at radius 3 is 2.86 bits per heavy atom. The molecule has 0 saturated carbocycles. The molecule has 0 aliphatic carbocycles. The first-order valence-electron chi connectivity index (χ1n) is 7.65. The van der Waals surface area contributed by atoms with E-state index in [-0.39, 0.29) is 30.6 Å². The number of hydrogen-bond acceptors (Lipinski definition) is 3. The summed E-state index contributed by atoms with van der Waals surface area (Å²) >= 11 is 1.94. The third-order valence-electron chi connectivity index (χ3n) is 3.51. The van der Waals surface area contributed by atoms with Gasteiger partial charge >= 0.3 is 0 Å². The molecular formula is C16H26IN3OS. The van der Waals surface area contributed by atoms with E-state index in [1.807, 2.05) is 11.8 Å². The van der Waals surface area contributed by atoms with Gasteiger partial charge in [0, 0.05) is 30.3 Å². The third-order valence-corrected chi connectivity index (χ3v) is 4.75. The number of aliphatic hydroxyl groups excluding tert-OH is 1. The van der Waals surface area contributed by atoms with Crippen molar-refractivity contribution in [3.63, 3.8) is 0 Å². The molecule has 1 aliphatic heterocycles. The summed E-state index contributed by atoms with van der Waals surface area (Å²) in [6.07, 6.45) is 1.21. The van der Waals surface area contributed by atoms with Crippen molar-refractivity contribution in [3.05, 3.63) is 30.3 Å². The number of halogens is 1. The first-order chi connectivity index (χ1) is 10.3. The molecule has 0 spiro atoms. The van der Waals surface area contributed by atoms with Gasteiger partial charge in [-0.15, -0.1) is 35.7 Å². The number of benzene rings is 1. The molecule has 1 aliphatic rings. The van der Waals surface area contributed by atoms with E-state index in [2.05, 4.69) is 52.5 Å². The highest BCUT2D eigenvalue weighted by Crippen LogP contribution is 2.25. The first-order valence-corrected chi connectivity index (χ1v) is 8.64. The number of aliphatic imine (C=N–C) groups is 1. The lowest BCUT2D eigenvalue weighted by Gasteiger charge is -2.21. The van der Waals surface area contributed by atoms with Gasteiger partial charge in [-0.3, -0.25) is 4.99 Å². The Labute approximate surface area is 154 Å². The Balaban J connectivity index is 0.00000242. The van der Waals surface area contributed by atoms with Crippen LogP contribution < -0.4 is 5.32 Å². The van der Waals surface area contributed by atoms with Gasteiger partial charge < -0.3 is 15.3 Å². The average molecular weight is 435 g/mol. The van der Waals surface area contributed by atoms with Crippen molar-refractivity contribution < 1.29 is 5.11 Å². The molecule has 1 aromatic rings. The van der Waals surface area contributed by atoms with Crippen LogP contribution in [0.25, 0.3) is 0 Å². The molecule has 1 atom stereocenters. The second-order valence-electron chi connectivity index (χ2n) is 5.18. The molecular weight excluding hydrogens is 409 g/mol. The highest BCUT2D eigenvalue weighted by molar-refractivity contribution is 14.0. The fourth-order valence-corrected chi connectivity index (χ4v) is 3.52. The molecule has 0 bridgehead atoms. The van der Waals surface area contributed by atoms with Crippen LogP contribution in [0.2, 0.25) is 0 Å². The van der Waals surface area contributed by atoms with Crippen molar-refractivity contribution >= 4 is 41.7 Å². The van der Waals surface area contributed by atoms with Crippen LogP contribution in [0.1, 0.15) is 13.3 Å². The second-order valence-corrected chi connectivity index (χ2v) is 6.28. The number of hydrogen-bond donors (Lipinski definition) is 2. The second kappa shape index (κ2) is 11.1. The molecule has 6 heteroatoms. The molecule has 124 valence electrons. The zero-order chi connectivity index (χ0) is 14.9. The number of nitrogens with zero attached hydrogens (tertiary/aromatic N) is 2. The van der Waals surface area contributed by atoms with E-state index in [0.717, 1.165) is 31.3 Å². The van der Waals surface area contributed by atoms with Crippen molar-refractivity contribution in [2.75, 3.05) is 38.5 Å². The van der Waals surface area contributed by atoms with E-state index in [9.17, 15) is 0 Å². The van der Waals surface area contributed by atoms with Crippen molar-refractivity contribution in [1.29, 1.82) is 0 Å². The monoisotopic (exact) mass is 435 g/mol. The predicted molar refractivity (Wildman–Crippen MR) is 105 cm³/mol. The van der Waals surface area contributed by atoms with E-state index >= 15 is 0 Å². The summed E-state index contributed by atoms with van der Waals surface area (Å²) in [6, 6.07) is 10.6. The van der Waals surface area contributed by atoms with Gasteiger partial charge in [0.1, 0.15) is 0 Å². The molecule has 0 amide bonds. The molecule has 4 nitrogen and oxygen atoms in total. The summed E-state index contributed by atoms with van der Waals surface area (Å²) < 4.78 is 0. The van der Waals surface area contributed by atoms with Gasteiger partial charge in [-0.1, -0.05) is 18.2 Å². The zero-order valence-electron chi connectivity index (χ0n) is 13.1. The summed E-state index contributed by atoms with van der Waals surface area (Å²) in [5.74, 6) is 2.80. The maximum atomic E-state index is 8.93. The summed E-state index contributed by atoms with van der Waals surface area (Å²) in [5.41, 5.74) is 0. The van der Waals surface area contributed by atoms with Gasteiger partial charge in [-0.25, -0.2) is 0 Å². The molecule has 0 aromatic heterocycles. The standard InChI is InChI=1S/C16H25N3OS.HI/c1-2-17-16(18-9-11-20)19-10-8-14(12-19)13-21-15-6-4-3-5-7-15;/h3-7,14,20H,2,8-13H2,1H3,(H,17,18);1H. The molecule has 1 aromatic carbocycles. The van der Waals surface area contributed by atoms with Gasteiger partial charge in [0.15, 0.2) is 5.96 Å². The maximum absolute atomic E-state index is 8.93. The fraction of sp³-hybridized carbons (Fsp3) is 0.562. The largest absolute Gasteiger partial charge is 0.394 e. The van der Waals surface area contributed by atoms with Crippen LogP contribution >= 0.6 is 35.7 Å². The summed E-state index contributed by atoms with van der Waals surface area (Å²) in [5, 5.41) is 12.2. The topological polar surface area (TPSA) is 47.9 Å². The Hall–Kier alpha value is -0.470. The van der Waals surface area contributed by atoms with Crippen molar-refractivity contribution in [2.45, 2.75) is 18.2 Å². The zero-order valence-corrected chi connectivity index (χ0v) is 16.2. The van der Waals surface area contributed by atoms with Crippen LogP contribution in [-0.4, -0.2) is 54.5 Å². The fourth-order valence-electron chi connectivity index (χ4n) is 2.47. The van der Waals surface area contributed by atoms with E-state index < -0.39 is 0 Å². The lowest BCUT2D eigenvalue weighted by atomic mass is 10.2. The minimum atomic E-state index is 0. The van der Waals surface area contributed by atoms with Crippen LogP contribution in [0, 0.1) is 5.92 Å². The number of aliphatic hydroxyl groups is 1. The maximum Gasteiger partial charge on any atom is 0.194 e. The molecule has 1 saturated heterocycles. The quantitative estimate of drug-likeness (QED) is 0.312. The van der Waals surface area contributed by atoms with Crippen LogP contribution in [-0.2, 0) is 0 Å². The Bertz CT molecular complexity index is 444. The van der Waals surface area contributed by atoms with Crippen LogP contribution in [0.15, 0.2) is 40.2 Å². The smallest absolute Gasteiger partial charge is 0.194 e. The van der Waals surface area contributed by atoms with E-state index in [0.29, 0.717) is 12.5 Å². The normalized spacial score (nSPS) is 18.2. The Kier molecular flexibility index (Phi) is 9.90. The average Bonchev–Trinajstić information content (AvgIpc) is 2.99. The third kappa shape index (κ3) is 6.34. The van der Waals surface area contributed by atoms with Crippen LogP contribution in [0.4, 0.5) is 0 Å². The van der Waals surface area contributed by atoms with E-state index in [1.54, 1.807) is 0 Å². The van der Waals surface area contributed by atoms with Crippen LogP contribution in [0.3, 0.4) is 0 Å². The number of nitrogens with one attached hydrogen (secondary N) is 1. The molecule has 1 unspecified atom stereocenters. The summed E-state index contributed by atoms with van der Waals surface area (Å²) in [6.45, 7) is 5.63. The molecule has 0 radical (unpaired) electrons. The molecule has 1 heterocycles. The Morgan fingerprint density at radius 1 is 1.41 bits per heavy atom. The van der Waals surface area contributed by atoms with Gasteiger partial charge in [0.05, 0.1) is 13.2 Å². The van der Waals surface area contributed by atoms with Crippen molar-refractivity contribution in [2.24, 2.45) is 10.9 Å². The van der Waals surface area contributed by atoms with Crippen molar-refractivity contribution in [1.82, 2.24) is 10.2 Å². The molecule has 2 rings (SSSR count). The number of thioether (sulfide) groups is 1. The molecule has 1 fully saturated rings. The van der Waals surface area contributed by atoms with E-state index in [4.69, 9.17) is 5.11 Å². The highest BCUT2D eigenvalue weighted by Gasteiger charge is 2.24. The van der Waals surface area contributed by atoms with Crippen molar-refractivity contribution in [3.8, 4) is 0 Å². The Morgan fingerprint density at radius 2 is 2.18 bits per heavy atom. The summed E-state index contributed by atoms with van der Waals surface area (Å²) in [7, 11) is 0. The number of guanidine groups is 1. The van der Waals surface area contributed by atoms with Crippen LogP contribution in [0.5, 0.6) is 0 Å². The minimum Gasteiger partial charge on any atom is -0.394 e. The first kappa shape index (κ1) is 19.6. The SMILES string of the molecule is CCNC(=NCCO)N1CCC(CSc2ccccc2)C1.I. The minimum absolute atomic E-state index is 0. The number of likely N-dealkylation sites (tertiary alicyclic amines) is 1. The number of rotatable bonds is 6. The predicted octanol–water partition coefficient (Wildman–Crippen LogP) is 2.68. The summed E-state index contributed by atoms with van der Waals surface area (Å²) in [4.78, 5) is 8.10. The lowest BCUT2D eigenvalue weighted by molar-refractivity contribution is 0.305. The lowest BCUT2D eigenvalue weighted by Crippen LogP contribution is -2.40. The van der Waals surface area contributed by atoms with Gasteiger partial charge in [-0.2, -0.15) is 0 Å². The molecule has 22 heavy (non-hydrogen) atoms. The van der Waals surface area contributed by atoms with Gasteiger partial charge in [0.25, 0.3) is 0 Å². The van der Waals surface area contributed by atoms with E-state index in [1.165, 1.54) is 11.3 Å². The molecule has 2 N–H and O–H groups in total. The van der Waals surface area contributed by atoms with Gasteiger partial charge in [-0.05, 0) is 31.4 Å².